The summed E-state index contributed by atoms with van der Waals surface area (Å²) in [5, 5.41) is 3.67. The zero-order chi connectivity index (χ0) is 19.7. The number of anilines is 1. The Kier molecular flexibility index (Phi) is 10.4. The summed E-state index contributed by atoms with van der Waals surface area (Å²) in [6.45, 7) is 19.9. The summed E-state index contributed by atoms with van der Waals surface area (Å²) in [4.78, 5) is 0. The third-order valence-electron chi connectivity index (χ3n) is 5.76. The molecule has 2 unspecified atom stereocenters. The van der Waals surface area contributed by atoms with E-state index >= 15 is 0 Å². The van der Waals surface area contributed by atoms with Gasteiger partial charge < -0.3 is 5.32 Å². The van der Waals surface area contributed by atoms with Crippen LogP contribution in [-0.2, 0) is 6.42 Å². The quantitative estimate of drug-likeness (QED) is 0.404. The molecule has 0 heterocycles. The van der Waals surface area contributed by atoms with Crippen molar-refractivity contribution in [2.24, 2.45) is 35.5 Å². The molecule has 0 fully saturated rings. The van der Waals surface area contributed by atoms with E-state index in [0.717, 1.165) is 42.1 Å². The third-order valence-corrected chi connectivity index (χ3v) is 5.76. The summed E-state index contributed by atoms with van der Waals surface area (Å²) in [5.41, 5.74) is 2.75. The molecule has 1 aromatic rings. The molecular formula is C25H45N. The second-order valence-electron chi connectivity index (χ2n) is 9.88. The lowest BCUT2D eigenvalue weighted by atomic mass is 9.83. The van der Waals surface area contributed by atoms with Gasteiger partial charge in [0.1, 0.15) is 0 Å². The van der Waals surface area contributed by atoms with Gasteiger partial charge in [0.2, 0.25) is 0 Å². The highest BCUT2D eigenvalue weighted by Crippen LogP contribution is 2.26. The van der Waals surface area contributed by atoms with E-state index in [1.54, 1.807) is 0 Å². The van der Waals surface area contributed by atoms with Crippen LogP contribution in [0.15, 0.2) is 24.3 Å². The number of hydrogen-bond acceptors (Lipinski definition) is 1. The van der Waals surface area contributed by atoms with E-state index in [-0.39, 0.29) is 0 Å². The van der Waals surface area contributed by atoms with Crippen molar-refractivity contribution in [3.05, 3.63) is 29.8 Å². The van der Waals surface area contributed by atoms with Crippen LogP contribution in [0.3, 0.4) is 0 Å². The normalized spacial score (nSPS) is 14.5. The topological polar surface area (TPSA) is 12.0 Å². The minimum Gasteiger partial charge on any atom is -0.385 e. The van der Waals surface area contributed by atoms with Crippen molar-refractivity contribution in [1.29, 1.82) is 0 Å². The zero-order valence-electron chi connectivity index (χ0n) is 18.8. The average molecular weight is 360 g/mol. The van der Waals surface area contributed by atoms with Gasteiger partial charge in [-0.25, -0.2) is 0 Å². The Bertz CT molecular complexity index is 424. The Hall–Kier alpha value is -0.980. The molecule has 0 bridgehead atoms. The predicted octanol–water partition coefficient (Wildman–Crippen LogP) is 7.67. The molecule has 0 saturated carbocycles. The Balaban J connectivity index is 2.52. The minimum atomic E-state index is 0.734. The minimum absolute atomic E-state index is 0.734. The highest BCUT2D eigenvalue weighted by atomic mass is 14.9. The van der Waals surface area contributed by atoms with Gasteiger partial charge in [-0.1, -0.05) is 67.5 Å². The molecule has 0 aromatic heterocycles. The SMILES string of the molecule is CC(C)CC(CCc1ccc(NCC(CC(C)C)C(C)C)cc1)C(C)C. The van der Waals surface area contributed by atoms with Gasteiger partial charge in [-0.3, -0.25) is 0 Å². The molecular weight excluding hydrogens is 314 g/mol. The molecule has 0 spiro atoms. The van der Waals surface area contributed by atoms with E-state index in [9.17, 15) is 0 Å². The molecule has 0 aliphatic carbocycles. The Morgan fingerprint density at radius 3 is 1.65 bits per heavy atom. The fourth-order valence-electron chi connectivity index (χ4n) is 3.92. The van der Waals surface area contributed by atoms with E-state index in [2.05, 4.69) is 85.0 Å². The van der Waals surface area contributed by atoms with Gasteiger partial charge in [0.25, 0.3) is 0 Å². The Morgan fingerprint density at radius 1 is 0.692 bits per heavy atom. The van der Waals surface area contributed by atoms with Gasteiger partial charge in [0.15, 0.2) is 0 Å². The molecule has 150 valence electrons. The van der Waals surface area contributed by atoms with Crippen LogP contribution in [0.5, 0.6) is 0 Å². The zero-order valence-corrected chi connectivity index (χ0v) is 18.8. The molecule has 1 rings (SSSR count). The van der Waals surface area contributed by atoms with Crippen molar-refractivity contribution in [2.45, 2.75) is 81.1 Å². The lowest BCUT2D eigenvalue weighted by Gasteiger charge is -2.24. The van der Waals surface area contributed by atoms with Crippen LogP contribution in [0.25, 0.3) is 0 Å². The van der Waals surface area contributed by atoms with Gasteiger partial charge in [0, 0.05) is 12.2 Å². The number of benzene rings is 1. The van der Waals surface area contributed by atoms with Crippen LogP contribution in [0.4, 0.5) is 5.69 Å². The molecule has 0 aliphatic rings. The van der Waals surface area contributed by atoms with Gasteiger partial charge in [-0.2, -0.15) is 0 Å². The smallest absolute Gasteiger partial charge is 0.0340 e. The molecule has 26 heavy (non-hydrogen) atoms. The second-order valence-corrected chi connectivity index (χ2v) is 9.88. The summed E-state index contributed by atoms with van der Waals surface area (Å²) >= 11 is 0. The monoisotopic (exact) mass is 359 g/mol. The van der Waals surface area contributed by atoms with Crippen LogP contribution in [0, 0.1) is 35.5 Å². The van der Waals surface area contributed by atoms with E-state index in [4.69, 9.17) is 0 Å². The van der Waals surface area contributed by atoms with E-state index < -0.39 is 0 Å². The summed E-state index contributed by atoms with van der Waals surface area (Å²) in [6.07, 6.45) is 5.17. The Labute approximate surface area is 164 Å². The van der Waals surface area contributed by atoms with Crippen LogP contribution in [0.1, 0.15) is 80.2 Å². The largest absolute Gasteiger partial charge is 0.385 e. The van der Waals surface area contributed by atoms with Crippen molar-refractivity contribution >= 4 is 5.69 Å². The van der Waals surface area contributed by atoms with E-state index in [1.165, 1.54) is 36.9 Å². The first kappa shape index (κ1) is 23.1. The second kappa shape index (κ2) is 11.7. The van der Waals surface area contributed by atoms with Crippen LogP contribution < -0.4 is 5.32 Å². The maximum Gasteiger partial charge on any atom is 0.0340 e. The highest BCUT2D eigenvalue weighted by Gasteiger charge is 2.16. The van der Waals surface area contributed by atoms with Crippen molar-refractivity contribution < 1.29 is 0 Å². The van der Waals surface area contributed by atoms with E-state index in [0.29, 0.717) is 0 Å². The molecule has 0 amide bonds. The van der Waals surface area contributed by atoms with E-state index in [1.807, 2.05) is 0 Å². The number of rotatable bonds is 12. The van der Waals surface area contributed by atoms with Gasteiger partial charge in [-0.15, -0.1) is 0 Å². The molecule has 0 aliphatic heterocycles. The molecule has 0 saturated heterocycles. The highest BCUT2D eigenvalue weighted by molar-refractivity contribution is 5.44. The van der Waals surface area contributed by atoms with Gasteiger partial charge in [-0.05, 0) is 78.9 Å². The number of nitrogens with one attached hydrogen (secondary N) is 1. The standard InChI is InChI=1S/C25H45N/c1-18(2)15-23(20(5)6)12-9-22-10-13-25(14-11-22)26-17-24(21(7)8)16-19(3)4/h10-11,13-14,18-21,23-24,26H,9,12,15-17H2,1-8H3. The van der Waals surface area contributed by atoms with Crippen LogP contribution >= 0.6 is 0 Å². The lowest BCUT2D eigenvalue weighted by Crippen LogP contribution is -2.21. The van der Waals surface area contributed by atoms with Crippen molar-refractivity contribution in [3.63, 3.8) is 0 Å². The summed E-state index contributed by atoms with van der Waals surface area (Å²) < 4.78 is 0. The van der Waals surface area contributed by atoms with Gasteiger partial charge in [0.05, 0.1) is 0 Å². The molecule has 1 nitrogen and oxygen atoms in total. The summed E-state index contributed by atoms with van der Waals surface area (Å²) in [7, 11) is 0. The van der Waals surface area contributed by atoms with Crippen molar-refractivity contribution in [1.82, 2.24) is 0 Å². The number of aryl methyl sites for hydroxylation is 1. The number of hydrogen-bond donors (Lipinski definition) is 1. The first-order chi connectivity index (χ1) is 12.2. The molecule has 2 atom stereocenters. The fraction of sp³-hybridized carbons (Fsp3) is 0.760. The molecule has 1 N–H and O–H groups in total. The van der Waals surface area contributed by atoms with Crippen molar-refractivity contribution in [2.75, 3.05) is 11.9 Å². The average Bonchev–Trinajstić information content (AvgIpc) is 2.55. The first-order valence-corrected chi connectivity index (χ1v) is 11.0. The lowest BCUT2D eigenvalue weighted by molar-refractivity contribution is 0.299. The maximum absolute atomic E-state index is 3.67. The van der Waals surface area contributed by atoms with Crippen LogP contribution in [0.2, 0.25) is 0 Å². The van der Waals surface area contributed by atoms with Crippen molar-refractivity contribution in [3.8, 4) is 0 Å². The predicted molar refractivity (Wildman–Crippen MR) is 119 cm³/mol. The maximum atomic E-state index is 3.67. The molecule has 1 aromatic carbocycles. The molecule has 0 radical (unpaired) electrons. The third kappa shape index (κ3) is 9.10. The first-order valence-electron chi connectivity index (χ1n) is 11.0. The molecule has 1 heteroatoms. The summed E-state index contributed by atoms with van der Waals surface area (Å²) in [6, 6.07) is 9.19. The Morgan fingerprint density at radius 2 is 1.19 bits per heavy atom. The fourth-order valence-corrected chi connectivity index (χ4v) is 3.92. The van der Waals surface area contributed by atoms with Gasteiger partial charge >= 0.3 is 0 Å². The summed E-state index contributed by atoms with van der Waals surface area (Å²) in [5.74, 6) is 4.68. The van der Waals surface area contributed by atoms with Crippen LogP contribution in [-0.4, -0.2) is 6.54 Å².